The van der Waals surface area contributed by atoms with Gasteiger partial charge in [-0.25, -0.2) is 0 Å². The summed E-state index contributed by atoms with van der Waals surface area (Å²) in [6.07, 6.45) is 0. The molecule has 6 heteroatoms. The van der Waals surface area contributed by atoms with Gasteiger partial charge in [0.05, 0.1) is 19.3 Å². The van der Waals surface area contributed by atoms with Gasteiger partial charge in [-0.2, -0.15) is 10.2 Å². The molecule has 0 N–H and O–H groups in total. The van der Waals surface area contributed by atoms with E-state index in [1.807, 2.05) is 42.8 Å². The molecule has 0 aliphatic rings. The molecule has 5 nitrogen and oxygen atoms in total. The number of benzene rings is 1. The van der Waals surface area contributed by atoms with Gasteiger partial charge in [-0.1, -0.05) is 23.7 Å². The number of hydrogen-bond donors (Lipinski definition) is 0. The van der Waals surface area contributed by atoms with E-state index < -0.39 is 0 Å². The molecule has 1 aromatic carbocycles. The van der Waals surface area contributed by atoms with Crippen LogP contribution < -0.4 is 4.74 Å². The molecule has 3 aromatic rings. The molecule has 0 saturated heterocycles. The third-order valence-electron chi connectivity index (χ3n) is 3.54. The number of aryl methyl sites for hydroxylation is 2. The monoisotopic (exact) mass is 302 g/mol. The number of ether oxygens (including phenoxy) is 1. The molecule has 108 valence electrons. The van der Waals surface area contributed by atoms with Crippen LogP contribution in [-0.4, -0.2) is 27.1 Å². The van der Waals surface area contributed by atoms with Crippen LogP contribution in [0.2, 0.25) is 5.15 Å². The lowest BCUT2D eigenvalue weighted by molar-refractivity contribution is 0.414. The Kier molecular flexibility index (Phi) is 3.51. The molecule has 0 aliphatic carbocycles. The van der Waals surface area contributed by atoms with E-state index in [9.17, 15) is 0 Å². The fourth-order valence-corrected chi connectivity index (χ4v) is 2.57. The van der Waals surface area contributed by atoms with Gasteiger partial charge in [-0.3, -0.25) is 4.68 Å². The number of halogens is 1. The first-order valence-electron chi connectivity index (χ1n) is 6.59. The largest absolute Gasteiger partial charge is 0.497 e. The Hall–Kier alpha value is -2.14. The van der Waals surface area contributed by atoms with Gasteiger partial charge in [-0.15, -0.1) is 5.10 Å². The minimum absolute atomic E-state index is 0.340. The van der Waals surface area contributed by atoms with Crippen molar-refractivity contribution in [3.63, 3.8) is 0 Å². The standard InChI is InChI=1S/C15H15ClN4O/c1-9-13-10(2)20(19-14(13)15(16)18-17-9)8-11-4-6-12(21-3)7-5-11/h4-7H,8H2,1-3H3. The number of nitrogens with zero attached hydrogens (tertiary/aromatic N) is 4. The molecule has 0 atom stereocenters. The highest BCUT2D eigenvalue weighted by Crippen LogP contribution is 2.25. The Morgan fingerprint density at radius 1 is 1.14 bits per heavy atom. The van der Waals surface area contributed by atoms with E-state index in [0.717, 1.165) is 28.1 Å². The fraction of sp³-hybridized carbons (Fsp3) is 0.267. The quantitative estimate of drug-likeness (QED) is 0.746. The molecule has 0 fully saturated rings. The Bertz CT molecular complexity index is 796. The maximum Gasteiger partial charge on any atom is 0.179 e. The third-order valence-corrected chi connectivity index (χ3v) is 3.80. The molecule has 0 bridgehead atoms. The van der Waals surface area contributed by atoms with E-state index in [-0.39, 0.29) is 0 Å². The average Bonchev–Trinajstić information content (AvgIpc) is 2.82. The Balaban J connectivity index is 2.02. The van der Waals surface area contributed by atoms with Gasteiger partial charge in [0, 0.05) is 11.1 Å². The lowest BCUT2D eigenvalue weighted by atomic mass is 10.2. The maximum absolute atomic E-state index is 6.09. The van der Waals surface area contributed by atoms with Gasteiger partial charge >= 0.3 is 0 Å². The number of methoxy groups -OCH3 is 1. The highest BCUT2D eigenvalue weighted by molar-refractivity contribution is 6.33. The van der Waals surface area contributed by atoms with E-state index >= 15 is 0 Å². The highest BCUT2D eigenvalue weighted by Gasteiger charge is 2.14. The van der Waals surface area contributed by atoms with Crippen LogP contribution in [0.3, 0.4) is 0 Å². The van der Waals surface area contributed by atoms with Gasteiger partial charge in [0.1, 0.15) is 11.3 Å². The van der Waals surface area contributed by atoms with Crippen molar-refractivity contribution < 1.29 is 4.74 Å². The van der Waals surface area contributed by atoms with Crippen LogP contribution in [-0.2, 0) is 6.54 Å². The number of aromatic nitrogens is 4. The predicted octanol–water partition coefficient (Wildman–Crippen LogP) is 3.15. The summed E-state index contributed by atoms with van der Waals surface area (Å²) in [6, 6.07) is 7.93. The predicted molar refractivity (Wildman–Crippen MR) is 81.9 cm³/mol. The van der Waals surface area contributed by atoms with Crippen molar-refractivity contribution in [3.8, 4) is 5.75 Å². The molecule has 0 aliphatic heterocycles. The highest BCUT2D eigenvalue weighted by atomic mass is 35.5. The molecule has 0 spiro atoms. The lowest BCUT2D eigenvalue weighted by Gasteiger charge is -2.06. The minimum atomic E-state index is 0.340. The number of rotatable bonds is 3. The summed E-state index contributed by atoms with van der Waals surface area (Å²) in [4.78, 5) is 0. The van der Waals surface area contributed by atoms with Crippen LogP contribution >= 0.6 is 11.6 Å². The van der Waals surface area contributed by atoms with Gasteiger partial charge in [0.2, 0.25) is 0 Å². The van der Waals surface area contributed by atoms with Crippen LogP contribution in [0.25, 0.3) is 10.9 Å². The molecule has 21 heavy (non-hydrogen) atoms. The number of fused-ring (bicyclic) bond motifs is 1. The van der Waals surface area contributed by atoms with Crippen molar-refractivity contribution in [1.82, 2.24) is 20.0 Å². The molecule has 2 aromatic heterocycles. The second kappa shape index (κ2) is 5.33. The van der Waals surface area contributed by atoms with Crippen LogP contribution in [0.15, 0.2) is 24.3 Å². The first kappa shape index (κ1) is 13.8. The van der Waals surface area contributed by atoms with Crippen molar-refractivity contribution in [2.75, 3.05) is 7.11 Å². The van der Waals surface area contributed by atoms with E-state index in [0.29, 0.717) is 17.2 Å². The SMILES string of the molecule is COc1ccc(Cn2nc3c(Cl)nnc(C)c3c2C)cc1. The van der Waals surface area contributed by atoms with Gasteiger partial charge in [0.15, 0.2) is 5.15 Å². The van der Waals surface area contributed by atoms with Gasteiger partial charge in [-0.05, 0) is 31.5 Å². The smallest absolute Gasteiger partial charge is 0.179 e. The van der Waals surface area contributed by atoms with Crippen LogP contribution in [0.4, 0.5) is 0 Å². The first-order valence-corrected chi connectivity index (χ1v) is 6.96. The van der Waals surface area contributed by atoms with Crippen molar-refractivity contribution in [1.29, 1.82) is 0 Å². The topological polar surface area (TPSA) is 52.8 Å². The summed E-state index contributed by atoms with van der Waals surface area (Å²) in [7, 11) is 1.66. The molecule has 0 saturated carbocycles. The maximum atomic E-state index is 6.09. The Morgan fingerprint density at radius 2 is 1.86 bits per heavy atom. The number of hydrogen-bond acceptors (Lipinski definition) is 4. The van der Waals surface area contributed by atoms with E-state index in [1.165, 1.54) is 0 Å². The van der Waals surface area contributed by atoms with Gasteiger partial charge in [0.25, 0.3) is 0 Å². The van der Waals surface area contributed by atoms with Crippen LogP contribution in [0.5, 0.6) is 5.75 Å². The summed E-state index contributed by atoms with van der Waals surface area (Å²) in [5.74, 6) is 0.841. The van der Waals surface area contributed by atoms with Crippen LogP contribution in [0, 0.1) is 13.8 Å². The molecule has 2 heterocycles. The first-order chi connectivity index (χ1) is 10.1. The zero-order chi connectivity index (χ0) is 15.0. The zero-order valence-electron chi connectivity index (χ0n) is 12.1. The Labute approximate surface area is 127 Å². The normalized spacial score (nSPS) is 11.0. The summed E-state index contributed by atoms with van der Waals surface area (Å²) in [5, 5.41) is 13.8. The minimum Gasteiger partial charge on any atom is -0.497 e. The van der Waals surface area contributed by atoms with Gasteiger partial charge < -0.3 is 4.74 Å². The zero-order valence-corrected chi connectivity index (χ0v) is 12.8. The van der Waals surface area contributed by atoms with Crippen molar-refractivity contribution in [2.45, 2.75) is 20.4 Å². The molecule has 0 unspecified atom stereocenters. The summed E-state index contributed by atoms with van der Waals surface area (Å²) >= 11 is 6.09. The fourth-order valence-electron chi connectivity index (χ4n) is 2.40. The molecule has 0 radical (unpaired) electrons. The lowest BCUT2D eigenvalue weighted by Crippen LogP contribution is -2.03. The molecule has 0 amide bonds. The van der Waals surface area contributed by atoms with Crippen molar-refractivity contribution in [2.24, 2.45) is 0 Å². The second-order valence-corrected chi connectivity index (χ2v) is 5.25. The molecule has 3 rings (SSSR count). The van der Waals surface area contributed by atoms with Crippen molar-refractivity contribution in [3.05, 3.63) is 46.4 Å². The van der Waals surface area contributed by atoms with E-state index in [2.05, 4.69) is 15.3 Å². The van der Waals surface area contributed by atoms with Crippen molar-refractivity contribution >= 4 is 22.5 Å². The second-order valence-electron chi connectivity index (χ2n) is 4.89. The molecular weight excluding hydrogens is 288 g/mol. The average molecular weight is 303 g/mol. The van der Waals surface area contributed by atoms with Crippen LogP contribution in [0.1, 0.15) is 17.0 Å². The van der Waals surface area contributed by atoms with E-state index in [4.69, 9.17) is 16.3 Å². The third kappa shape index (κ3) is 2.45. The molecular formula is C15H15ClN4O. The van der Waals surface area contributed by atoms with E-state index in [1.54, 1.807) is 7.11 Å². The Morgan fingerprint density at radius 3 is 2.48 bits per heavy atom. The summed E-state index contributed by atoms with van der Waals surface area (Å²) in [6.45, 7) is 4.60. The summed E-state index contributed by atoms with van der Waals surface area (Å²) in [5.41, 5.74) is 3.72. The summed E-state index contributed by atoms with van der Waals surface area (Å²) < 4.78 is 7.09.